The Balaban J connectivity index is 1.62. The van der Waals surface area contributed by atoms with E-state index in [9.17, 15) is 0 Å². The summed E-state index contributed by atoms with van der Waals surface area (Å²) in [7, 11) is 1.65. The predicted molar refractivity (Wildman–Crippen MR) is 74.5 cm³/mol. The molecule has 18 heavy (non-hydrogen) atoms. The second-order valence-corrected chi connectivity index (χ2v) is 5.67. The summed E-state index contributed by atoms with van der Waals surface area (Å²) in [6.45, 7) is 0.858. The van der Waals surface area contributed by atoms with Crippen molar-refractivity contribution >= 4 is 17.2 Å². The van der Waals surface area contributed by atoms with Crippen LogP contribution in [0.2, 0.25) is 0 Å². The van der Waals surface area contributed by atoms with E-state index < -0.39 is 0 Å². The Labute approximate surface area is 111 Å². The van der Waals surface area contributed by atoms with Gasteiger partial charge >= 0.3 is 0 Å². The van der Waals surface area contributed by atoms with Crippen molar-refractivity contribution in [1.29, 1.82) is 0 Å². The molecule has 3 rings (SSSR count). The summed E-state index contributed by atoms with van der Waals surface area (Å²) in [4.78, 5) is 7.28. The molecule has 0 fully saturated rings. The molecule has 0 unspecified atom stereocenters. The second kappa shape index (κ2) is 4.98. The third kappa shape index (κ3) is 2.34. The molecule has 0 radical (unpaired) electrons. The highest BCUT2D eigenvalue weighted by Gasteiger charge is 2.14. The van der Waals surface area contributed by atoms with Crippen LogP contribution in [0.25, 0.3) is 0 Å². The van der Waals surface area contributed by atoms with Crippen LogP contribution in [0.15, 0.2) is 24.4 Å². The van der Waals surface area contributed by atoms with Gasteiger partial charge in [0.05, 0.1) is 19.9 Å². The van der Waals surface area contributed by atoms with Crippen molar-refractivity contribution in [3.8, 4) is 5.75 Å². The summed E-state index contributed by atoms with van der Waals surface area (Å²) < 4.78 is 5.08. The molecule has 2 aromatic heterocycles. The summed E-state index contributed by atoms with van der Waals surface area (Å²) in [6.07, 6.45) is 5.58. The lowest BCUT2D eigenvalue weighted by Gasteiger charge is -2.04. The molecule has 0 amide bonds. The number of nitrogens with zero attached hydrogens (tertiary/aromatic N) is 1. The molecule has 2 aromatic rings. The largest absolute Gasteiger partial charge is 0.495 e. The molecular formula is C14H16N2OS. The topological polar surface area (TPSA) is 34.1 Å². The van der Waals surface area contributed by atoms with Crippen LogP contribution in [0, 0.1) is 0 Å². The van der Waals surface area contributed by atoms with Gasteiger partial charge in [-0.3, -0.25) is 0 Å². The fraction of sp³-hybridized carbons (Fsp3) is 0.357. The first kappa shape index (κ1) is 11.5. The predicted octanol–water partition coefficient (Wildman–Crippen LogP) is 3.25. The number of rotatable bonds is 4. The van der Waals surface area contributed by atoms with E-state index in [1.807, 2.05) is 23.5 Å². The Morgan fingerprint density at radius 2 is 2.33 bits per heavy atom. The molecular weight excluding hydrogens is 244 g/mol. The second-order valence-electron chi connectivity index (χ2n) is 4.45. The highest BCUT2D eigenvalue weighted by atomic mass is 32.1. The van der Waals surface area contributed by atoms with Gasteiger partial charge in [-0.15, -0.1) is 11.3 Å². The molecule has 4 heteroatoms. The van der Waals surface area contributed by atoms with E-state index in [-0.39, 0.29) is 0 Å². The quantitative estimate of drug-likeness (QED) is 0.916. The Hall–Kier alpha value is -1.55. The average molecular weight is 260 g/mol. The van der Waals surface area contributed by atoms with Crippen LogP contribution in [0.3, 0.4) is 0 Å². The Morgan fingerprint density at radius 1 is 1.39 bits per heavy atom. The summed E-state index contributed by atoms with van der Waals surface area (Å²) in [5, 5.41) is 3.34. The number of aryl methyl sites for hydroxylation is 2. The third-order valence-electron chi connectivity index (χ3n) is 3.21. The molecule has 94 valence electrons. The van der Waals surface area contributed by atoms with E-state index in [2.05, 4.69) is 16.4 Å². The Bertz CT molecular complexity index is 512. The minimum absolute atomic E-state index is 0.788. The van der Waals surface area contributed by atoms with Crippen LogP contribution in [-0.2, 0) is 19.4 Å². The van der Waals surface area contributed by atoms with Gasteiger partial charge in [-0.05, 0) is 43.0 Å². The van der Waals surface area contributed by atoms with Crippen LogP contribution >= 0.6 is 11.3 Å². The van der Waals surface area contributed by atoms with Crippen molar-refractivity contribution in [2.75, 3.05) is 12.4 Å². The number of ether oxygens (including phenoxy) is 1. The van der Waals surface area contributed by atoms with Crippen LogP contribution in [0.4, 0.5) is 5.82 Å². The minimum atomic E-state index is 0.788. The number of nitrogens with one attached hydrogen (secondary N) is 1. The molecule has 1 N–H and O–H groups in total. The van der Waals surface area contributed by atoms with Gasteiger partial charge in [0.1, 0.15) is 11.6 Å². The molecule has 0 saturated heterocycles. The first-order valence-electron chi connectivity index (χ1n) is 6.19. The first-order valence-corrected chi connectivity index (χ1v) is 7.01. The molecule has 0 spiro atoms. The highest BCUT2D eigenvalue weighted by molar-refractivity contribution is 7.12. The molecule has 0 aliphatic heterocycles. The van der Waals surface area contributed by atoms with Crippen molar-refractivity contribution in [2.45, 2.75) is 25.8 Å². The lowest BCUT2D eigenvalue weighted by molar-refractivity contribution is 0.413. The zero-order valence-corrected chi connectivity index (χ0v) is 11.2. The van der Waals surface area contributed by atoms with E-state index in [1.165, 1.54) is 24.1 Å². The maximum absolute atomic E-state index is 5.08. The van der Waals surface area contributed by atoms with Gasteiger partial charge in [0.15, 0.2) is 0 Å². The van der Waals surface area contributed by atoms with Crippen molar-refractivity contribution in [3.05, 3.63) is 39.7 Å². The fourth-order valence-electron chi connectivity index (χ4n) is 2.26. The van der Waals surface area contributed by atoms with Gasteiger partial charge in [0, 0.05) is 9.75 Å². The van der Waals surface area contributed by atoms with Crippen LogP contribution in [-0.4, -0.2) is 12.1 Å². The van der Waals surface area contributed by atoms with E-state index in [0.29, 0.717) is 0 Å². The highest BCUT2D eigenvalue weighted by Crippen LogP contribution is 2.30. The van der Waals surface area contributed by atoms with Crippen LogP contribution in [0.5, 0.6) is 5.75 Å². The summed E-state index contributed by atoms with van der Waals surface area (Å²) >= 11 is 1.93. The standard InChI is InChI=1S/C14H16N2OS/c1-17-11-5-6-14(15-8-11)16-9-12-7-10-3-2-4-13(10)18-12/h5-8H,2-4,9H2,1H3,(H,15,16). The molecule has 0 atom stereocenters. The molecule has 1 aliphatic carbocycles. The van der Waals surface area contributed by atoms with Crippen molar-refractivity contribution in [3.63, 3.8) is 0 Å². The Morgan fingerprint density at radius 3 is 3.06 bits per heavy atom. The number of aromatic nitrogens is 1. The summed E-state index contributed by atoms with van der Waals surface area (Å²) in [5.41, 5.74) is 1.56. The third-order valence-corrected chi connectivity index (χ3v) is 4.45. The number of anilines is 1. The molecule has 3 nitrogen and oxygen atoms in total. The molecule has 0 aromatic carbocycles. The van der Waals surface area contributed by atoms with Gasteiger partial charge in [0.2, 0.25) is 0 Å². The van der Waals surface area contributed by atoms with Crippen LogP contribution < -0.4 is 10.1 Å². The first-order chi connectivity index (χ1) is 8.85. The van der Waals surface area contributed by atoms with Crippen molar-refractivity contribution < 1.29 is 4.74 Å². The monoisotopic (exact) mass is 260 g/mol. The smallest absolute Gasteiger partial charge is 0.137 e. The summed E-state index contributed by atoms with van der Waals surface area (Å²) in [5.74, 6) is 1.68. The van der Waals surface area contributed by atoms with E-state index in [0.717, 1.165) is 18.1 Å². The normalized spacial score (nSPS) is 13.4. The number of pyridine rings is 1. The SMILES string of the molecule is COc1ccc(NCc2cc3c(s2)CCC3)nc1. The van der Waals surface area contributed by atoms with Gasteiger partial charge in [-0.1, -0.05) is 0 Å². The summed E-state index contributed by atoms with van der Waals surface area (Å²) in [6, 6.07) is 6.20. The van der Waals surface area contributed by atoms with Gasteiger partial charge in [-0.2, -0.15) is 0 Å². The van der Waals surface area contributed by atoms with Gasteiger partial charge in [0.25, 0.3) is 0 Å². The molecule has 1 aliphatic rings. The number of fused-ring (bicyclic) bond motifs is 1. The molecule has 2 heterocycles. The van der Waals surface area contributed by atoms with Crippen molar-refractivity contribution in [2.24, 2.45) is 0 Å². The van der Waals surface area contributed by atoms with Gasteiger partial charge < -0.3 is 10.1 Å². The van der Waals surface area contributed by atoms with Gasteiger partial charge in [-0.25, -0.2) is 4.98 Å². The number of hydrogen-bond acceptors (Lipinski definition) is 4. The number of methoxy groups -OCH3 is 1. The minimum Gasteiger partial charge on any atom is -0.495 e. The molecule has 0 saturated carbocycles. The maximum Gasteiger partial charge on any atom is 0.137 e. The zero-order valence-electron chi connectivity index (χ0n) is 10.4. The zero-order chi connectivity index (χ0) is 12.4. The van der Waals surface area contributed by atoms with Crippen molar-refractivity contribution in [1.82, 2.24) is 4.98 Å². The van der Waals surface area contributed by atoms with E-state index in [1.54, 1.807) is 23.7 Å². The number of hydrogen-bond donors (Lipinski definition) is 1. The lowest BCUT2D eigenvalue weighted by Crippen LogP contribution is -1.99. The number of thiophene rings is 1. The van der Waals surface area contributed by atoms with E-state index in [4.69, 9.17) is 4.74 Å². The van der Waals surface area contributed by atoms with Crippen LogP contribution in [0.1, 0.15) is 21.7 Å². The molecule has 0 bridgehead atoms. The van der Waals surface area contributed by atoms with E-state index >= 15 is 0 Å². The fourth-order valence-corrected chi connectivity index (χ4v) is 3.46. The average Bonchev–Trinajstić information content (AvgIpc) is 2.97. The lowest BCUT2D eigenvalue weighted by atomic mass is 10.2. The maximum atomic E-state index is 5.08. The Kier molecular flexibility index (Phi) is 3.19.